The maximum Gasteiger partial charge on any atom is 0.275 e. The van der Waals surface area contributed by atoms with E-state index in [2.05, 4.69) is 55.7 Å². The molecule has 1 saturated heterocycles. The summed E-state index contributed by atoms with van der Waals surface area (Å²) in [5.41, 5.74) is 2.45. The van der Waals surface area contributed by atoms with E-state index in [0.717, 1.165) is 43.5 Å². The van der Waals surface area contributed by atoms with Crippen molar-refractivity contribution in [3.05, 3.63) is 65.7 Å². The first-order valence-corrected chi connectivity index (χ1v) is 10.8. The molecule has 0 aromatic heterocycles. The van der Waals surface area contributed by atoms with Crippen molar-refractivity contribution < 1.29 is 24.1 Å². The van der Waals surface area contributed by atoms with Gasteiger partial charge in [0.25, 0.3) is 5.91 Å². The molecule has 3 rings (SSSR count). The monoisotopic (exact) mass is 413 g/mol. The van der Waals surface area contributed by atoms with E-state index in [4.69, 9.17) is 9.47 Å². The summed E-state index contributed by atoms with van der Waals surface area (Å²) in [6.45, 7) is 6.82. The highest BCUT2D eigenvalue weighted by atomic mass is 16.5. The van der Waals surface area contributed by atoms with Crippen LogP contribution in [0.25, 0.3) is 0 Å². The number of hydrogen-bond donors (Lipinski definition) is 3. The van der Waals surface area contributed by atoms with E-state index in [-0.39, 0.29) is 18.0 Å². The Balaban J connectivity index is 1.58. The minimum atomic E-state index is 0.0433. The molecule has 1 amide bonds. The van der Waals surface area contributed by atoms with E-state index in [1.165, 1.54) is 16.0 Å². The number of morpholine rings is 1. The Hall–Kier alpha value is -2.41. The van der Waals surface area contributed by atoms with Crippen LogP contribution in [0.15, 0.2) is 54.6 Å². The summed E-state index contributed by atoms with van der Waals surface area (Å²) in [5, 5.41) is 3.27. The number of methoxy groups -OCH3 is 1. The number of benzene rings is 2. The Labute approximate surface area is 179 Å². The van der Waals surface area contributed by atoms with Gasteiger partial charge in [-0.15, -0.1) is 0 Å². The molecule has 162 valence electrons. The highest BCUT2D eigenvalue weighted by molar-refractivity contribution is 5.77. The molecule has 1 aliphatic heterocycles. The molecule has 1 aliphatic rings. The largest absolute Gasteiger partial charge is 0.497 e. The second kappa shape index (κ2) is 11.1. The van der Waals surface area contributed by atoms with Crippen LogP contribution in [0.1, 0.15) is 24.1 Å². The molecule has 2 aromatic rings. The minimum Gasteiger partial charge on any atom is -0.497 e. The van der Waals surface area contributed by atoms with Gasteiger partial charge in [0.2, 0.25) is 0 Å². The predicted molar refractivity (Wildman–Crippen MR) is 117 cm³/mol. The third-order valence-corrected chi connectivity index (χ3v) is 5.75. The van der Waals surface area contributed by atoms with Gasteiger partial charge < -0.3 is 24.6 Å². The normalized spacial score (nSPS) is 17.7. The second-order valence-corrected chi connectivity index (χ2v) is 8.17. The van der Waals surface area contributed by atoms with E-state index >= 15 is 0 Å². The van der Waals surface area contributed by atoms with Crippen LogP contribution >= 0.6 is 0 Å². The molecule has 0 spiro atoms. The van der Waals surface area contributed by atoms with E-state index in [9.17, 15) is 4.79 Å². The Kier molecular flexibility index (Phi) is 8.25. The molecule has 3 atom stereocenters. The number of amides is 1. The SMILES string of the molecule is COc1ccc(C[NH+](C)CC(=O)N[C@H](C)[C@H](c2ccccc2)[NH+]2CCOCC2)cc1. The molecule has 6 heteroatoms. The number of hydrogen-bond acceptors (Lipinski definition) is 3. The highest BCUT2D eigenvalue weighted by Gasteiger charge is 2.32. The summed E-state index contributed by atoms with van der Waals surface area (Å²) in [5.74, 6) is 0.933. The van der Waals surface area contributed by atoms with Crippen LogP contribution in [0.5, 0.6) is 5.75 Å². The van der Waals surface area contributed by atoms with Gasteiger partial charge in [-0.25, -0.2) is 0 Å². The number of ether oxygens (including phenoxy) is 2. The average molecular weight is 414 g/mol. The maximum atomic E-state index is 12.8. The second-order valence-electron chi connectivity index (χ2n) is 8.17. The Bertz CT molecular complexity index is 776. The molecule has 6 nitrogen and oxygen atoms in total. The summed E-state index contributed by atoms with van der Waals surface area (Å²) in [4.78, 5) is 15.4. The highest BCUT2D eigenvalue weighted by Crippen LogP contribution is 2.14. The zero-order valence-electron chi connectivity index (χ0n) is 18.3. The van der Waals surface area contributed by atoms with E-state index in [1.54, 1.807) is 7.11 Å². The third kappa shape index (κ3) is 6.29. The fourth-order valence-electron chi connectivity index (χ4n) is 4.30. The maximum absolute atomic E-state index is 12.8. The van der Waals surface area contributed by atoms with Crippen LogP contribution in [0.2, 0.25) is 0 Å². The molecule has 30 heavy (non-hydrogen) atoms. The molecule has 2 aromatic carbocycles. The van der Waals surface area contributed by atoms with E-state index in [1.807, 2.05) is 18.2 Å². The van der Waals surface area contributed by atoms with Gasteiger partial charge in [-0.3, -0.25) is 4.79 Å². The van der Waals surface area contributed by atoms with Crippen molar-refractivity contribution in [2.75, 3.05) is 47.0 Å². The van der Waals surface area contributed by atoms with Crippen LogP contribution < -0.4 is 19.9 Å². The first-order valence-electron chi connectivity index (χ1n) is 10.8. The Morgan fingerprint density at radius 1 is 1.13 bits per heavy atom. The van der Waals surface area contributed by atoms with Gasteiger partial charge in [0.15, 0.2) is 6.54 Å². The lowest BCUT2D eigenvalue weighted by atomic mass is 9.98. The topological polar surface area (TPSA) is 56.4 Å². The summed E-state index contributed by atoms with van der Waals surface area (Å²) < 4.78 is 10.8. The van der Waals surface area contributed by atoms with Gasteiger partial charge in [0.1, 0.15) is 31.4 Å². The quantitative estimate of drug-likeness (QED) is 0.537. The van der Waals surface area contributed by atoms with Gasteiger partial charge in [0.05, 0.1) is 33.4 Å². The molecule has 0 saturated carbocycles. The molecule has 3 N–H and O–H groups in total. The summed E-state index contributed by atoms with van der Waals surface area (Å²) in [7, 11) is 3.72. The zero-order valence-corrected chi connectivity index (χ0v) is 18.3. The minimum absolute atomic E-state index is 0.0433. The summed E-state index contributed by atoms with van der Waals surface area (Å²) in [6, 6.07) is 18.8. The van der Waals surface area contributed by atoms with Gasteiger partial charge >= 0.3 is 0 Å². The lowest BCUT2D eigenvalue weighted by Gasteiger charge is -2.35. The van der Waals surface area contributed by atoms with Gasteiger partial charge in [-0.2, -0.15) is 0 Å². The van der Waals surface area contributed by atoms with Crippen LogP contribution in [-0.4, -0.2) is 59.0 Å². The van der Waals surface area contributed by atoms with Crippen molar-refractivity contribution in [2.45, 2.75) is 25.6 Å². The average Bonchev–Trinajstić information content (AvgIpc) is 2.75. The first-order chi connectivity index (χ1) is 14.6. The Morgan fingerprint density at radius 3 is 2.43 bits per heavy atom. The van der Waals surface area contributed by atoms with E-state index < -0.39 is 0 Å². The number of likely N-dealkylation sites (N-methyl/N-ethyl adjacent to an activating group) is 1. The molecular formula is C24H35N3O3+2. The van der Waals surface area contributed by atoms with Crippen molar-refractivity contribution in [1.29, 1.82) is 0 Å². The lowest BCUT2D eigenvalue weighted by molar-refractivity contribution is -0.940. The zero-order chi connectivity index (χ0) is 21.3. The standard InChI is InChI=1S/C24H33N3O3/c1-19(24(21-7-5-4-6-8-21)27-13-15-30-16-14-27)25-23(28)18-26(2)17-20-9-11-22(29-3)12-10-20/h4-12,19,24H,13-18H2,1-3H3,(H,25,28)/p+2/t19-,24-/m1/s1. The van der Waals surface area contributed by atoms with Gasteiger partial charge in [-0.05, 0) is 31.2 Å². The summed E-state index contributed by atoms with van der Waals surface area (Å²) >= 11 is 0. The number of nitrogens with one attached hydrogen (secondary N) is 3. The number of carbonyl (C=O) groups is 1. The molecule has 1 unspecified atom stereocenters. The van der Waals surface area contributed by atoms with Crippen LogP contribution in [0.4, 0.5) is 0 Å². The number of carbonyl (C=O) groups excluding carboxylic acids is 1. The molecule has 1 heterocycles. The predicted octanol–water partition coefficient (Wildman–Crippen LogP) is -0.129. The molecule has 1 fully saturated rings. The van der Waals surface area contributed by atoms with Gasteiger partial charge in [-0.1, -0.05) is 30.3 Å². The third-order valence-electron chi connectivity index (χ3n) is 5.75. The number of rotatable bonds is 9. The molecule has 0 bridgehead atoms. The van der Waals surface area contributed by atoms with Gasteiger partial charge in [0, 0.05) is 11.1 Å². The van der Waals surface area contributed by atoms with Crippen molar-refractivity contribution in [2.24, 2.45) is 0 Å². The van der Waals surface area contributed by atoms with Crippen LogP contribution in [0, 0.1) is 0 Å². The van der Waals surface area contributed by atoms with Crippen LogP contribution in [0.3, 0.4) is 0 Å². The van der Waals surface area contributed by atoms with Crippen molar-refractivity contribution in [3.8, 4) is 5.75 Å². The smallest absolute Gasteiger partial charge is 0.275 e. The molecule has 0 radical (unpaired) electrons. The molecule has 0 aliphatic carbocycles. The van der Waals surface area contributed by atoms with Crippen molar-refractivity contribution in [1.82, 2.24) is 5.32 Å². The van der Waals surface area contributed by atoms with E-state index in [0.29, 0.717) is 6.54 Å². The van der Waals surface area contributed by atoms with Crippen molar-refractivity contribution >= 4 is 5.91 Å². The summed E-state index contributed by atoms with van der Waals surface area (Å²) in [6.07, 6.45) is 0. The van der Waals surface area contributed by atoms with Crippen LogP contribution in [-0.2, 0) is 16.1 Å². The number of quaternary nitrogens is 2. The molecular weight excluding hydrogens is 378 g/mol. The van der Waals surface area contributed by atoms with Crippen molar-refractivity contribution in [3.63, 3.8) is 0 Å². The Morgan fingerprint density at radius 2 is 1.80 bits per heavy atom. The fraction of sp³-hybridized carbons (Fsp3) is 0.458. The lowest BCUT2D eigenvalue weighted by Crippen LogP contribution is -3.15. The first kappa shape index (κ1) is 22.3. The fourth-order valence-corrected chi connectivity index (χ4v) is 4.30.